The van der Waals surface area contributed by atoms with Gasteiger partial charge in [-0.25, -0.2) is 0 Å². The molecule has 0 saturated heterocycles. The average molecular weight is 246 g/mol. The van der Waals surface area contributed by atoms with E-state index in [1.807, 2.05) is 6.92 Å². The van der Waals surface area contributed by atoms with Gasteiger partial charge in [0.1, 0.15) is 0 Å². The molecular formula is C13H30O2Si. The zero-order valence-electron chi connectivity index (χ0n) is 12.1. The monoisotopic (exact) mass is 246 g/mol. The normalized spacial score (nSPS) is 15.2. The highest BCUT2D eigenvalue weighted by atomic mass is 28.4. The molecule has 0 radical (unpaired) electrons. The van der Waals surface area contributed by atoms with Crippen LogP contribution in [0.2, 0.25) is 16.6 Å². The molecule has 0 saturated carbocycles. The van der Waals surface area contributed by atoms with E-state index in [1.165, 1.54) is 0 Å². The van der Waals surface area contributed by atoms with Crippen LogP contribution in [0.1, 0.15) is 54.9 Å². The van der Waals surface area contributed by atoms with Crippen LogP contribution < -0.4 is 0 Å². The van der Waals surface area contributed by atoms with Crippen LogP contribution in [-0.4, -0.2) is 26.1 Å². The van der Waals surface area contributed by atoms with E-state index in [0.29, 0.717) is 23.2 Å². The minimum atomic E-state index is -1.71. The molecule has 0 aromatic carbocycles. The second kappa shape index (κ2) is 6.77. The lowest BCUT2D eigenvalue weighted by molar-refractivity contribution is 0.149. The molecule has 0 aromatic heterocycles. The van der Waals surface area contributed by atoms with Crippen LogP contribution in [0.5, 0.6) is 0 Å². The van der Waals surface area contributed by atoms with Crippen molar-refractivity contribution in [1.29, 1.82) is 0 Å². The van der Waals surface area contributed by atoms with Crippen LogP contribution in [0.25, 0.3) is 0 Å². The van der Waals surface area contributed by atoms with Crippen molar-refractivity contribution in [2.24, 2.45) is 0 Å². The highest BCUT2D eigenvalue weighted by molar-refractivity contribution is 6.77. The van der Waals surface area contributed by atoms with E-state index in [2.05, 4.69) is 41.5 Å². The molecule has 0 aliphatic carbocycles. The summed E-state index contributed by atoms with van der Waals surface area (Å²) in [6.45, 7) is 16.3. The molecule has 0 aliphatic rings. The predicted octanol–water partition coefficient (Wildman–Crippen LogP) is 3.95. The van der Waals surface area contributed by atoms with Gasteiger partial charge in [0, 0.05) is 6.61 Å². The summed E-state index contributed by atoms with van der Waals surface area (Å²) < 4.78 is 6.30. The van der Waals surface area contributed by atoms with Gasteiger partial charge in [-0.05, 0) is 30.0 Å². The van der Waals surface area contributed by atoms with Crippen LogP contribution in [0.15, 0.2) is 0 Å². The van der Waals surface area contributed by atoms with Crippen molar-refractivity contribution in [2.75, 3.05) is 6.61 Å². The van der Waals surface area contributed by atoms with Gasteiger partial charge in [0.2, 0.25) is 0 Å². The Morgan fingerprint density at radius 1 is 0.875 bits per heavy atom. The molecule has 0 spiro atoms. The van der Waals surface area contributed by atoms with Crippen molar-refractivity contribution in [3.05, 3.63) is 0 Å². The average Bonchev–Trinajstić information content (AvgIpc) is 2.09. The van der Waals surface area contributed by atoms with Gasteiger partial charge in [-0.3, -0.25) is 0 Å². The topological polar surface area (TPSA) is 29.5 Å². The van der Waals surface area contributed by atoms with Gasteiger partial charge in [-0.1, -0.05) is 41.5 Å². The van der Waals surface area contributed by atoms with E-state index < -0.39 is 8.32 Å². The van der Waals surface area contributed by atoms with Gasteiger partial charge >= 0.3 is 0 Å². The van der Waals surface area contributed by atoms with E-state index in [-0.39, 0.29) is 6.10 Å². The van der Waals surface area contributed by atoms with Gasteiger partial charge in [0.15, 0.2) is 8.32 Å². The Balaban J connectivity index is 4.64. The fraction of sp³-hybridized carbons (Fsp3) is 1.00. The Bertz CT molecular complexity index is 167. The molecule has 0 bridgehead atoms. The van der Waals surface area contributed by atoms with Gasteiger partial charge in [0.05, 0.1) is 6.10 Å². The first-order valence-electron chi connectivity index (χ1n) is 6.57. The fourth-order valence-corrected chi connectivity index (χ4v) is 8.38. The van der Waals surface area contributed by atoms with Crippen molar-refractivity contribution < 1.29 is 9.53 Å². The SMILES string of the molecule is CC(O)CCO[Si](C(C)C)(C(C)C)C(C)C. The number of rotatable bonds is 7. The molecule has 16 heavy (non-hydrogen) atoms. The summed E-state index contributed by atoms with van der Waals surface area (Å²) in [6, 6.07) is 0. The number of hydrogen-bond donors (Lipinski definition) is 1. The van der Waals surface area contributed by atoms with E-state index in [1.54, 1.807) is 0 Å². The first-order chi connectivity index (χ1) is 7.25. The van der Waals surface area contributed by atoms with Crippen LogP contribution in [0, 0.1) is 0 Å². The van der Waals surface area contributed by atoms with E-state index in [0.717, 1.165) is 6.42 Å². The van der Waals surface area contributed by atoms with Crippen molar-refractivity contribution in [3.63, 3.8) is 0 Å². The third-order valence-electron chi connectivity index (χ3n) is 3.59. The molecule has 2 nitrogen and oxygen atoms in total. The van der Waals surface area contributed by atoms with Crippen LogP contribution >= 0.6 is 0 Å². The van der Waals surface area contributed by atoms with Crippen molar-refractivity contribution >= 4 is 8.32 Å². The summed E-state index contributed by atoms with van der Waals surface area (Å²) in [7, 11) is -1.71. The number of hydrogen-bond acceptors (Lipinski definition) is 2. The van der Waals surface area contributed by atoms with Crippen LogP contribution in [0.4, 0.5) is 0 Å². The zero-order valence-corrected chi connectivity index (χ0v) is 13.1. The molecule has 0 fully saturated rings. The maximum absolute atomic E-state index is 9.30. The van der Waals surface area contributed by atoms with Crippen molar-refractivity contribution in [1.82, 2.24) is 0 Å². The quantitative estimate of drug-likeness (QED) is 0.689. The second-order valence-corrected chi connectivity index (χ2v) is 11.3. The minimum Gasteiger partial charge on any atom is -0.416 e. The molecule has 0 heterocycles. The molecule has 0 aliphatic heterocycles. The Hall–Kier alpha value is 0.137. The predicted molar refractivity (Wildman–Crippen MR) is 73.3 cm³/mol. The first kappa shape index (κ1) is 16.1. The Morgan fingerprint density at radius 2 is 1.25 bits per heavy atom. The number of aliphatic hydroxyl groups excluding tert-OH is 1. The molecule has 1 unspecified atom stereocenters. The Labute approximate surface area is 103 Å². The van der Waals surface area contributed by atoms with E-state index >= 15 is 0 Å². The summed E-state index contributed by atoms with van der Waals surface area (Å²) in [5, 5.41) is 9.30. The standard InChI is InChI=1S/C13H30O2Si/c1-10(2)16(11(3)4,12(5)6)15-9-8-13(7)14/h10-14H,8-9H2,1-7H3. The molecule has 98 valence electrons. The lowest BCUT2D eigenvalue weighted by Gasteiger charge is -2.42. The molecule has 0 amide bonds. The van der Waals surface area contributed by atoms with Crippen molar-refractivity contribution in [2.45, 2.75) is 77.6 Å². The summed E-state index contributed by atoms with van der Waals surface area (Å²) in [5.74, 6) is 0. The summed E-state index contributed by atoms with van der Waals surface area (Å²) >= 11 is 0. The third-order valence-corrected chi connectivity index (χ3v) is 9.71. The highest BCUT2D eigenvalue weighted by Crippen LogP contribution is 2.42. The number of aliphatic hydroxyl groups is 1. The second-order valence-electron chi connectivity index (χ2n) is 5.80. The third kappa shape index (κ3) is 3.86. The zero-order chi connectivity index (χ0) is 12.9. The highest BCUT2D eigenvalue weighted by Gasteiger charge is 2.44. The fourth-order valence-electron chi connectivity index (χ4n) is 2.91. The van der Waals surface area contributed by atoms with E-state index in [4.69, 9.17) is 4.43 Å². The largest absolute Gasteiger partial charge is 0.416 e. The van der Waals surface area contributed by atoms with Gasteiger partial charge < -0.3 is 9.53 Å². The van der Waals surface area contributed by atoms with Gasteiger partial charge in [0.25, 0.3) is 0 Å². The molecule has 3 heteroatoms. The minimum absolute atomic E-state index is 0.252. The van der Waals surface area contributed by atoms with Crippen LogP contribution in [0.3, 0.4) is 0 Å². The van der Waals surface area contributed by atoms with Crippen molar-refractivity contribution in [3.8, 4) is 0 Å². The lowest BCUT2D eigenvalue weighted by atomic mass is 10.3. The molecule has 0 aromatic rings. The van der Waals surface area contributed by atoms with Crippen LogP contribution in [-0.2, 0) is 4.43 Å². The molecule has 1 atom stereocenters. The van der Waals surface area contributed by atoms with Gasteiger partial charge in [-0.15, -0.1) is 0 Å². The maximum atomic E-state index is 9.30. The van der Waals surface area contributed by atoms with Gasteiger partial charge in [-0.2, -0.15) is 0 Å². The Morgan fingerprint density at radius 3 is 1.50 bits per heavy atom. The summed E-state index contributed by atoms with van der Waals surface area (Å²) in [5.41, 5.74) is 1.88. The lowest BCUT2D eigenvalue weighted by Crippen LogP contribution is -2.48. The smallest absolute Gasteiger partial charge is 0.200 e. The molecule has 0 rings (SSSR count). The molecular weight excluding hydrogens is 216 g/mol. The maximum Gasteiger partial charge on any atom is 0.200 e. The van der Waals surface area contributed by atoms with E-state index in [9.17, 15) is 5.11 Å². The summed E-state index contributed by atoms with van der Waals surface area (Å²) in [6.07, 6.45) is 0.499. The first-order valence-corrected chi connectivity index (χ1v) is 8.71. The Kier molecular flexibility index (Phi) is 6.83. The molecule has 1 N–H and O–H groups in total. The summed E-state index contributed by atoms with van der Waals surface area (Å²) in [4.78, 5) is 0.